The molecule has 0 aliphatic heterocycles. The van der Waals surface area contributed by atoms with Gasteiger partial charge in [-0.05, 0) is 30.9 Å². The van der Waals surface area contributed by atoms with Crippen LogP contribution in [0.15, 0.2) is 23.2 Å². The summed E-state index contributed by atoms with van der Waals surface area (Å²) in [6.07, 6.45) is 4.62. The molecule has 2 nitrogen and oxygen atoms in total. The molecule has 2 rings (SSSR count). The Morgan fingerprint density at radius 1 is 1.54 bits per heavy atom. The molecule has 1 aliphatic rings. The van der Waals surface area contributed by atoms with E-state index in [4.69, 9.17) is 5.73 Å². The molecule has 0 spiro atoms. The summed E-state index contributed by atoms with van der Waals surface area (Å²) in [6.45, 7) is 0.549. The van der Waals surface area contributed by atoms with E-state index in [1.165, 1.54) is 23.5 Å². The molecule has 3 heteroatoms. The minimum Gasteiger partial charge on any atom is -0.325 e. The first kappa shape index (κ1) is 9.03. The largest absolute Gasteiger partial charge is 0.325 e. The molecule has 0 radical (unpaired) electrons. The van der Waals surface area contributed by atoms with Crippen molar-refractivity contribution < 1.29 is 0 Å². The van der Waals surface area contributed by atoms with Gasteiger partial charge in [0.25, 0.3) is 0 Å². The van der Waals surface area contributed by atoms with Crippen molar-refractivity contribution in [2.45, 2.75) is 24.3 Å². The minimum atomic E-state index is 0.549. The van der Waals surface area contributed by atoms with E-state index in [9.17, 15) is 0 Å². The fourth-order valence-corrected chi connectivity index (χ4v) is 2.43. The highest BCUT2D eigenvalue weighted by atomic mass is 32.2. The van der Waals surface area contributed by atoms with Gasteiger partial charge in [0.2, 0.25) is 0 Å². The van der Waals surface area contributed by atoms with Crippen molar-refractivity contribution in [2.75, 3.05) is 5.75 Å². The second kappa shape index (κ2) is 4.11. The monoisotopic (exact) mass is 194 g/mol. The second-order valence-electron chi connectivity index (χ2n) is 3.41. The van der Waals surface area contributed by atoms with E-state index < -0.39 is 0 Å². The molecule has 0 amide bonds. The van der Waals surface area contributed by atoms with E-state index in [-0.39, 0.29) is 0 Å². The Hall–Kier alpha value is -0.540. The number of thioether (sulfide) groups is 1. The lowest BCUT2D eigenvalue weighted by atomic mass is 10.3. The van der Waals surface area contributed by atoms with Gasteiger partial charge in [0.15, 0.2) is 0 Å². The summed E-state index contributed by atoms with van der Waals surface area (Å²) in [7, 11) is 0. The lowest BCUT2D eigenvalue weighted by Crippen LogP contribution is -2.01. The van der Waals surface area contributed by atoms with Crippen molar-refractivity contribution in [2.24, 2.45) is 11.7 Å². The van der Waals surface area contributed by atoms with Crippen LogP contribution in [0.2, 0.25) is 0 Å². The fourth-order valence-electron chi connectivity index (χ4n) is 1.20. The maximum Gasteiger partial charge on any atom is 0.0674 e. The predicted octanol–water partition coefficient (Wildman–Crippen LogP) is 2.04. The number of pyridine rings is 1. The van der Waals surface area contributed by atoms with Gasteiger partial charge in [0.1, 0.15) is 0 Å². The average Bonchev–Trinajstić information content (AvgIpc) is 2.99. The SMILES string of the molecule is NCc1ncccc1SCC1CC1. The molecule has 1 aliphatic carbocycles. The Bertz CT molecular complexity index is 284. The number of hydrogen-bond acceptors (Lipinski definition) is 3. The van der Waals surface area contributed by atoms with Crippen LogP contribution < -0.4 is 5.73 Å². The van der Waals surface area contributed by atoms with E-state index in [0.717, 1.165) is 11.6 Å². The van der Waals surface area contributed by atoms with Crippen molar-refractivity contribution in [3.8, 4) is 0 Å². The molecule has 0 bridgehead atoms. The highest BCUT2D eigenvalue weighted by Gasteiger charge is 2.21. The normalized spacial score (nSPS) is 16.1. The maximum absolute atomic E-state index is 5.60. The molecule has 0 saturated heterocycles. The van der Waals surface area contributed by atoms with Gasteiger partial charge >= 0.3 is 0 Å². The molecule has 0 aromatic carbocycles. The van der Waals surface area contributed by atoms with Crippen LogP contribution in [0.4, 0.5) is 0 Å². The van der Waals surface area contributed by atoms with E-state index in [1.54, 1.807) is 0 Å². The van der Waals surface area contributed by atoms with Crippen molar-refractivity contribution in [1.29, 1.82) is 0 Å². The molecule has 2 N–H and O–H groups in total. The van der Waals surface area contributed by atoms with Gasteiger partial charge in [-0.3, -0.25) is 4.98 Å². The van der Waals surface area contributed by atoms with E-state index in [2.05, 4.69) is 11.1 Å². The molecular formula is C10H14N2S. The molecule has 0 unspecified atom stereocenters. The zero-order valence-electron chi connectivity index (χ0n) is 7.57. The molecule has 0 atom stereocenters. The predicted molar refractivity (Wildman–Crippen MR) is 55.6 cm³/mol. The Labute approximate surface area is 82.9 Å². The zero-order valence-corrected chi connectivity index (χ0v) is 8.39. The third-order valence-corrected chi connectivity index (χ3v) is 3.53. The number of nitrogens with zero attached hydrogens (tertiary/aromatic N) is 1. The summed E-state index contributed by atoms with van der Waals surface area (Å²) >= 11 is 1.90. The van der Waals surface area contributed by atoms with Crippen LogP contribution in [0.5, 0.6) is 0 Å². The van der Waals surface area contributed by atoms with Crippen LogP contribution in [0.25, 0.3) is 0 Å². The van der Waals surface area contributed by atoms with Crippen molar-refractivity contribution in [1.82, 2.24) is 4.98 Å². The Kier molecular flexibility index (Phi) is 2.86. The molecule has 13 heavy (non-hydrogen) atoms. The van der Waals surface area contributed by atoms with Gasteiger partial charge in [-0.2, -0.15) is 0 Å². The molecule has 1 heterocycles. The number of nitrogens with two attached hydrogens (primary N) is 1. The smallest absolute Gasteiger partial charge is 0.0674 e. The Morgan fingerprint density at radius 2 is 2.38 bits per heavy atom. The summed E-state index contributed by atoms with van der Waals surface area (Å²) in [5, 5.41) is 0. The lowest BCUT2D eigenvalue weighted by Gasteiger charge is -2.04. The summed E-state index contributed by atoms with van der Waals surface area (Å²) in [4.78, 5) is 5.51. The highest BCUT2D eigenvalue weighted by Crippen LogP contribution is 2.35. The molecule has 1 aromatic rings. The summed E-state index contributed by atoms with van der Waals surface area (Å²) in [6, 6.07) is 4.09. The first-order valence-corrected chi connectivity index (χ1v) is 5.65. The van der Waals surface area contributed by atoms with Crippen LogP contribution in [-0.2, 0) is 6.54 Å². The molecular weight excluding hydrogens is 180 g/mol. The van der Waals surface area contributed by atoms with Gasteiger partial charge in [0, 0.05) is 23.4 Å². The van der Waals surface area contributed by atoms with E-state index >= 15 is 0 Å². The van der Waals surface area contributed by atoms with Crippen molar-refractivity contribution in [3.05, 3.63) is 24.0 Å². The second-order valence-corrected chi connectivity index (χ2v) is 4.47. The summed E-state index contributed by atoms with van der Waals surface area (Å²) in [5.41, 5.74) is 6.63. The molecule has 1 aromatic heterocycles. The van der Waals surface area contributed by atoms with Crippen molar-refractivity contribution in [3.63, 3.8) is 0 Å². The van der Waals surface area contributed by atoms with Gasteiger partial charge in [0.05, 0.1) is 5.69 Å². The molecule has 70 valence electrons. The number of rotatable bonds is 4. The summed E-state index contributed by atoms with van der Waals surface area (Å²) < 4.78 is 0. The van der Waals surface area contributed by atoms with Crippen LogP contribution in [0.1, 0.15) is 18.5 Å². The third kappa shape index (κ3) is 2.45. The zero-order chi connectivity index (χ0) is 9.10. The average molecular weight is 194 g/mol. The highest BCUT2D eigenvalue weighted by molar-refractivity contribution is 7.99. The first-order chi connectivity index (χ1) is 6.40. The summed E-state index contributed by atoms with van der Waals surface area (Å²) in [5.74, 6) is 2.19. The van der Waals surface area contributed by atoms with Crippen LogP contribution in [0, 0.1) is 5.92 Å². The van der Waals surface area contributed by atoms with Crippen LogP contribution >= 0.6 is 11.8 Å². The molecule has 1 saturated carbocycles. The van der Waals surface area contributed by atoms with Crippen LogP contribution in [-0.4, -0.2) is 10.7 Å². The maximum atomic E-state index is 5.60. The van der Waals surface area contributed by atoms with Gasteiger partial charge in [-0.25, -0.2) is 0 Å². The Morgan fingerprint density at radius 3 is 3.08 bits per heavy atom. The number of hydrogen-bond donors (Lipinski definition) is 1. The molecule has 1 fully saturated rings. The third-order valence-electron chi connectivity index (χ3n) is 2.21. The van der Waals surface area contributed by atoms with Gasteiger partial charge in [-0.15, -0.1) is 11.8 Å². The van der Waals surface area contributed by atoms with E-state index in [1.807, 2.05) is 24.0 Å². The standard InChI is InChI=1S/C10H14N2S/c11-6-9-10(2-1-5-12-9)13-7-8-3-4-8/h1-2,5,8H,3-4,6-7,11H2. The quantitative estimate of drug-likeness (QED) is 0.745. The van der Waals surface area contributed by atoms with Gasteiger partial charge in [-0.1, -0.05) is 0 Å². The fraction of sp³-hybridized carbons (Fsp3) is 0.500. The minimum absolute atomic E-state index is 0.549. The van der Waals surface area contributed by atoms with Crippen molar-refractivity contribution >= 4 is 11.8 Å². The topological polar surface area (TPSA) is 38.9 Å². The first-order valence-electron chi connectivity index (χ1n) is 4.67. The number of aromatic nitrogens is 1. The lowest BCUT2D eigenvalue weighted by molar-refractivity contribution is 0.938. The Balaban J connectivity index is 1.99. The van der Waals surface area contributed by atoms with Gasteiger partial charge < -0.3 is 5.73 Å². The van der Waals surface area contributed by atoms with Crippen LogP contribution in [0.3, 0.4) is 0 Å². The van der Waals surface area contributed by atoms with E-state index in [0.29, 0.717) is 6.54 Å².